The average Bonchev–Trinajstić information content (AvgIpc) is 2.72. The van der Waals surface area contributed by atoms with Crippen molar-refractivity contribution in [2.24, 2.45) is 0 Å². The molecule has 3 rings (SSSR count). The van der Waals surface area contributed by atoms with Gasteiger partial charge in [-0.2, -0.15) is 0 Å². The summed E-state index contributed by atoms with van der Waals surface area (Å²) in [5, 5.41) is 5.13. The Hall–Kier alpha value is -3.21. The lowest BCUT2D eigenvalue weighted by Gasteiger charge is -2.14. The molecular weight excluding hydrogens is 342 g/mol. The number of nitrogens with one attached hydrogen (secondary N) is 1. The van der Waals surface area contributed by atoms with Crippen molar-refractivity contribution in [1.29, 1.82) is 0 Å². The number of hydrogen-bond donors (Lipinski definition) is 1. The summed E-state index contributed by atoms with van der Waals surface area (Å²) >= 11 is 0. The summed E-state index contributed by atoms with van der Waals surface area (Å²) in [6, 6.07) is 17.1. The zero-order valence-electron chi connectivity index (χ0n) is 15.7. The topological polar surface area (TPSA) is 56.8 Å². The van der Waals surface area contributed by atoms with Crippen molar-refractivity contribution in [3.05, 3.63) is 65.7 Å². The number of benzene rings is 3. The third kappa shape index (κ3) is 3.97. The number of carbonyl (C=O) groups excluding carboxylic acids is 1. The first-order valence-electron chi connectivity index (χ1n) is 8.81. The van der Waals surface area contributed by atoms with E-state index < -0.39 is 0 Å². The Balaban J connectivity index is 1.83. The van der Waals surface area contributed by atoms with Gasteiger partial charge in [0.25, 0.3) is 5.91 Å². The summed E-state index contributed by atoms with van der Waals surface area (Å²) in [6.45, 7) is 2.79. The fraction of sp³-hybridized carbons (Fsp3) is 0.227. The van der Waals surface area contributed by atoms with Crippen LogP contribution in [0.1, 0.15) is 22.8 Å². The fourth-order valence-corrected chi connectivity index (χ4v) is 3.04. The molecule has 0 heterocycles. The molecule has 0 aliphatic rings. The minimum atomic E-state index is -0.189. The third-order valence-corrected chi connectivity index (χ3v) is 4.37. The monoisotopic (exact) mass is 365 g/mol. The van der Waals surface area contributed by atoms with E-state index in [1.165, 1.54) is 0 Å². The van der Waals surface area contributed by atoms with Crippen LogP contribution in [0.25, 0.3) is 10.8 Å². The van der Waals surface area contributed by atoms with E-state index in [0.29, 0.717) is 30.2 Å². The zero-order chi connectivity index (χ0) is 19.2. The van der Waals surface area contributed by atoms with Gasteiger partial charge < -0.3 is 19.5 Å². The Kier molecular flexibility index (Phi) is 5.81. The molecular formula is C22H23NO4. The maximum Gasteiger partial charge on any atom is 0.251 e. The van der Waals surface area contributed by atoms with Gasteiger partial charge in [0.2, 0.25) is 0 Å². The van der Waals surface area contributed by atoms with Crippen molar-refractivity contribution < 1.29 is 19.0 Å². The Morgan fingerprint density at radius 2 is 1.67 bits per heavy atom. The number of fused-ring (bicyclic) bond motifs is 1. The molecule has 27 heavy (non-hydrogen) atoms. The molecule has 5 nitrogen and oxygen atoms in total. The lowest BCUT2D eigenvalue weighted by Crippen LogP contribution is -2.23. The molecule has 1 amide bonds. The van der Waals surface area contributed by atoms with Gasteiger partial charge in [-0.05, 0) is 42.0 Å². The standard InChI is InChI=1S/C22H23NO4/c1-4-27-20-12-10-16(13-21(20)26-3)22(24)23-14-18-17-8-6-5-7-15(17)9-11-19(18)25-2/h5-13H,4,14H2,1-3H3,(H,23,24). The number of carbonyl (C=O) groups is 1. The predicted octanol–water partition coefficient (Wildman–Crippen LogP) is 4.19. The van der Waals surface area contributed by atoms with E-state index in [1.54, 1.807) is 32.4 Å². The normalized spacial score (nSPS) is 10.5. The van der Waals surface area contributed by atoms with Crippen LogP contribution in [0.5, 0.6) is 17.2 Å². The number of rotatable bonds is 7. The van der Waals surface area contributed by atoms with Gasteiger partial charge in [0, 0.05) is 17.7 Å². The molecule has 0 spiro atoms. The number of methoxy groups -OCH3 is 2. The van der Waals surface area contributed by atoms with Crippen LogP contribution in [0.3, 0.4) is 0 Å². The summed E-state index contributed by atoms with van der Waals surface area (Å²) < 4.78 is 16.3. The molecule has 5 heteroatoms. The third-order valence-electron chi connectivity index (χ3n) is 4.37. The Labute approximate surface area is 158 Å². The molecule has 0 atom stereocenters. The van der Waals surface area contributed by atoms with Gasteiger partial charge in [-0.1, -0.05) is 30.3 Å². The van der Waals surface area contributed by atoms with E-state index in [4.69, 9.17) is 14.2 Å². The largest absolute Gasteiger partial charge is 0.496 e. The van der Waals surface area contributed by atoms with Gasteiger partial charge in [0.05, 0.1) is 20.8 Å². The minimum Gasteiger partial charge on any atom is -0.496 e. The quantitative estimate of drug-likeness (QED) is 0.682. The lowest BCUT2D eigenvalue weighted by molar-refractivity contribution is 0.0950. The van der Waals surface area contributed by atoms with Crippen molar-refractivity contribution in [3.8, 4) is 17.2 Å². The smallest absolute Gasteiger partial charge is 0.251 e. The summed E-state index contributed by atoms with van der Waals surface area (Å²) in [4.78, 5) is 12.6. The van der Waals surface area contributed by atoms with Crippen molar-refractivity contribution in [2.75, 3.05) is 20.8 Å². The fourth-order valence-electron chi connectivity index (χ4n) is 3.04. The molecule has 0 unspecified atom stereocenters. The highest BCUT2D eigenvalue weighted by Gasteiger charge is 2.13. The van der Waals surface area contributed by atoms with Gasteiger partial charge in [-0.15, -0.1) is 0 Å². The number of hydrogen-bond acceptors (Lipinski definition) is 4. The van der Waals surface area contributed by atoms with Crippen molar-refractivity contribution >= 4 is 16.7 Å². The molecule has 0 aliphatic carbocycles. The molecule has 0 saturated heterocycles. The molecule has 0 saturated carbocycles. The van der Waals surface area contributed by atoms with Crippen LogP contribution < -0.4 is 19.5 Å². The summed E-state index contributed by atoms with van der Waals surface area (Å²) in [5.41, 5.74) is 1.45. The maximum absolute atomic E-state index is 12.6. The Morgan fingerprint density at radius 1 is 0.926 bits per heavy atom. The number of ether oxygens (including phenoxy) is 3. The van der Waals surface area contributed by atoms with E-state index in [1.807, 2.05) is 43.3 Å². The summed E-state index contributed by atoms with van der Waals surface area (Å²) in [5.74, 6) is 1.71. The highest BCUT2D eigenvalue weighted by Crippen LogP contribution is 2.29. The zero-order valence-corrected chi connectivity index (χ0v) is 15.7. The van der Waals surface area contributed by atoms with Crippen molar-refractivity contribution in [3.63, 3.8) is 0 Å². The molecule has 140 valence electrons. The van der Waals surface area contributed by atoms with Gasteiger partial charge in [-0.25, -0.2) is 0 Å². The molecule has 0 bridgehead atoms. The summed E-state index contributed by atoms with van der Waals surface area (Å²) in [7, 11) is 3.19. The second-order valence-corrected chi connectivity index (χ2v) is 5.95. The predicted molar refractivity (Wildman–Crippen MR) is 106 cm³/mol. The first-order chi connectivity index (χ1) is 13.2. The van der Waals surface area contributed by atoms with Crippen LogP contribution in [0.4, 0.5) is 0 Å². The SMILES string of the molecule is CCOc1ccc(C(=O)NCc2c(OC)ccc3ccccc23)cc1OC. The van der Waals surface area contributed by atoms with Gasteiger partial charge in [-0.3, -0.25) is 4.79 Å². The van der Waals surface area contributed by atoms with E-state index in [2.05, 4.69) is 5.32 Å². The first kappa shape index (κ1) is 18.6. The second-order valence-electron chi connectivity index (χ2n) is 5.95. The number of amides is 1. The van der Waals surface area contributed by atoms with E-state index >= 15 is 0 Å². The van der Waals surface area contributed by atoms with Crippen molar-refractivity contribution in [2.45, 2.75) is 13.5 Å². The second kappa shape index (κ2) is 8.45. The first-order valence-corrected chi connectivity index (χ1v) is 8.81. The van der Waals surface area contributed by atoms with E-state index in [9.17, 15) is 4.79 Å². The van der Waals surface area contributed by atoms with Gasteiger partial charge in [0.1, 0.15) is 5.75 Å². The Bertz CT molecular complexity index is 952. The van der Waals surface area contributed by atoms with Gasteiger partial charge in [0.15, 0.2) is 11.5 Å². The van der Waals surface area contributed by atoms with Crippen LogP contribution in [0.2, 0.25) is 0 Å². The summed E-state index contributed by atoms with van der Waals surface area (Å²) in [6.07, 6.45) is 0. The Morgan fingerprint density at radius 3 is 2.41 bits per heavy atom. The highest BCUT2D eigenvalue weighted by molar-refractivity contribution is 5.95. The van der Waals surface area contributed by atoms with Crippen LogP contribution in [-0.2, 0) is 6.54 Å². The molecule has 0 radical (unpaired) electrons. The molecule has 0 aromatic heterocycles. The lowest BCUT2D eigenvalue weighted by atomic mass is 10.0. The van der Waals surface area contributed by atoms with Crippen LogP contribution in [0, 0.1) is 0 Å². The molecule has 3 aromatic carbocycles. The van der Waals surface area contributed by atoms with Crippen molar-refractivity contribution in [1.82, 2.24) is 5.32 Å². The molecule has 3 aromatic rings. The van der Waals surface area contributed by atoms with Crippen LogP contribution in [-0.4, -0.2) is 26.7 Å². The molecule has 0 aliphatic heterocycles. The molecule has 1 N–H and O–H groups in total. The maximum atomic E-state index is 12.6. The van der Waals surface area contributed by atoms with Crippen LogP contribution in [0.15, 0.2) is 54.6 Å². The molecule has 0 fully saturated rings. The minimum absolute atomic E-state index is 0.189. The van der Waals surface area contributed by atoms with Gasteiger partial charge >= 0.3 is 0 Å². The van der Waals surface area contributed by atoms with E-state index in [0.717, 1.165) is 22.1 Å². The van der Waals surface area contributed by atoms with E-state index in [-0.39, 0.29) is 5.91 Å². The highest BCUT2D eigenvalue weighted by atomic mass is 16.5. The van der Waals surface area contributed by atoms with Crippen LogP contribution >= 0.6 is 0 Å². The average molecular weight is 365 g/mol.